The number of amides is 2. The zero-order valence-corrected chi connectivity index (χ0v) is 17.7. The van der Waals surface area contributed by atoms with E-state index >= 15 is 0 Å². The molecule has 3 aromatic rings. The Morgan fingerprint density at radius 2 is 1.83 bits per heavy atom. The van der Waals surface area contributed by atoms with Crippen molar-refractivity contribution in [2.45, 2.75) is 26.1 Å². The highest BCUT2D eigenvalue weighted by Gasteiger charge is 2.26. The summed E-state index contributed by atoms with van der Waals surface area (Å²) in [5.41, 5.74) is 2.46. The van der Waals surface area contributed by atoms with Crippen molar-refractivity contribution in [2.75, 3.05) is 6.54 Å². The molecule has 2 amide bonds. The molecule has 0 saturated carbocycles. The maximum Gasteiger partial charge on any atom is 0.272 e. The van der Waals surface area contributed by atoms with Crippen LogP contribution in [-0.4, -0.2) is 33.0 Å². The second-order valence-electron chi connectivity index (χ2n) is 7.12. The lowest BCUT2D eigenvalue weighted by molar-refractivity contribution is 0.0745. The first kappa shape index (κ1) is 20.4. The molecule has 154 valence electrons. The molecule has 1 aromatic heterocycles. The highest BCUT2D eigenvalue weighted by atomic mass is 35.5. The third-order valence-corrected chi connectivity index (χ3v) is 5.62. The number of fused-ring (bicyclic) bond motifs is 1. The number of hydrogen-bond donors (Lipinski definition) is 1. The summed E-state index contributed by atoms with van der Waals surface area (Å²) in [5, 5.41) is 8.42. The molecule has 2 heterocycles. The molecule has 0 spiro atoms. The molecule has 0 saturated heterocycles. The van der Waals surface area contributed by atoms with E-state index in [0.29, 0.717) is 35.4 Å². The van der Waals surface area contributed by atoms with E-state index in [0.717, 1.165) is 17.5 Å². The third-order valence-electron chi connectivity index (χ3n) is 5.00. The van der Waals surface area contributed by atoms with Gasteiger partial charge in [-0.15, -0.1) is 0 Å². The Kier molecular flexibility index (Phi) is 6.06. The normalized spacial score (nSPS) is 13.7. The summed E-state index contributed by atoms with van der Waals surface area (Å²) in [6.07, 6.45) is 0.759. The molecule has 1 aliphatic rings. The molecular formula is C22H20Cl2N4O2. The summed E-state index contributed by atoms with van der Waals surface area (Å²) in [6.45, 7) is 1.97. The van der Waals surface area contributed by atoms with E-state index in [9.17, 15) is 9.59 Å². The molecule has 30 heavy (non-hydrogen) atoms. The maximum absolute atomic E-state index is 13.1. The number of carbonyl (C=O) groups is 2. The van der Waals surface area contributed by atoms with Gasteiger partial charge in [-0.3, -0.25) is 14.3 Å². The average molecular weight is 443 g/mol. The lowest BCUT2D eigenvalue weighted by Gasteiger charge is -2.20. The van der Waals surface area contributed by atoms with Crippen molar-refractivity contribution in [1.29, 1.82) is 0 Å². The van der Waals surface area contributed by atoms with Gasteiger partial charge in [0.25, 0.3) is 11.8 Å². The van der Waals surface area contributed by atoms with Crippen LogP contribution in [0.25, 0.3) is 0 Å². The van der Waals surface area contributed by atoms with Crippen LogP contribution in [0, 0.1) is 0 Å². The van der Waals surface area contributed by atoms with Crippen LogP contribution < -0.4 is 5.32 Å². The minimum atomic E-state index is -0.340. The summed E-state index contributed by atoms with van der Waals surface area (Å²) in [7, 11) is 0. The molecule has 4 rings (SSSR count). The molecule has 0 radical (unpaired) electrons. The molecule has 0 aliphatic carbocycles. The second kappa shape index (κ2) is 8.90. The van der Waals surface area contributed by atoms with Crippen LogP contribution in [0.3, 0.4) is 0 Å². The van der Waals surface area contributed by atoms with Gasteiger partial charge in [-0.1, -0.05) is 53.5 Å². The van der Waals surface area contributed by atoms with E-state index < -0.39 is 0 Å². The Hall–Kier alpha value is -2.83. The predicted octanol–water partition coefficient (Wildman–Crippen LogP) is 4.17. The molecule has 8 heteroatoms. The van der Waals surface area contributed by atoms with Gasteiger partial charge in [-0.2, -0.15) is 5.10 Å². The number of aromatic nitrogens is 2. The number of rotatable bonds is 5. The summed E-state index contributed by atoms with van der Waals surface area (Å²) in [4.78, 5) is 27.4. The maximum atomic E-state index is 13.1. The Morgan fingerprint density at radius 1 is 1.07 bits per heavy atom. The Bertz CT molecular complexity index is 1080. The number of hydrogen-bond acceptors (Lipinski definition) is 3. The van der Waals surface area contributed by atoms with E-state index in [-0.39, 0.29) is 24.1 Å². The van der Waals surface area contributed by atoms with Crippen LogP contribution in [0.5, 0.6) is 0 Å². The van der Waals surface area contributed by atoms with E-state index in [4.69, 9.17) is 23.2 Å². The van der Waals surface area contributed by atoms with Crippen LogP contribution in [0.2, 0.25) is 10.0 Å². The zero-order valence-electron chi connectivity index (χ0n) is 16.1. The van der Waals surface area contributed by atoms with Crippen LogP contribution >= 0.6 is 23.2 Å². The Labute approximate surface area is 184 Å². The molecule has 2 aromatic carbocycles. The van der Waals surface area contributed by atoms with Gasteiger partial charge in [-0.05, 0) is 35.7 Å². The summed E-state index contributed by atoms with van der Waals surface area (Å²) >= 11 is 12.1. The van der Waals surface area contributed by atoms with E-state index in [2.05, 4.69) is 10.4 Å². The number of carbonyl (C=O) groups excluding carboxylic acids is 2. The third kappa shape index (κ3) is 4.50. The van der Waals surface area contributed by atoms with Crippen LogP contribution in [0.4, 0.5) is 0 Å². The molecule has 6 nitrogen and oxygen atoms in total. The summed E-state index contributed by atoms with van der Waals surface area (Å²) in [6, 6.07) is 16.3. The second-order valence-corrected chi connectivity index (χ2v) is 7.96. The van der Waals surface area contributed by atoms with Crippen molar-refractivity contribution in [1.82, 2.24) is 20.0 Å². The van der Waals surface area contributed by atoms with Gasteiger partial charge in [0, 0.05) is 42.3 Å². The fraction of sp³-hybridized carbons (Fsp3) is 0.227. The van der Waals surface area contributed by atoms with Crippen molar-refractivity contribution in [3.05, 3.63) is 87.2 Å². The minimum absolute atomic E-state index is 0.139. The molecule has 0 atom stereocenters. The average Bonchev–Trinajstić information content (AvgIpc) is 3.12. The minimum Gasteiger partial charge on any atom is -0.347 e. The molecular weight excluding hydrogens is 423 g/mol. The highest BCUT2D eigenvalue weighted by molar-refractivity contribution is 6.31. The predicted molar refractivity (Wildman–Crippen MR) is 116 cm³/mol. The van der Waals surface area contributed by atoms with Gasteiger partial charge in [0.2, 0.25) is 0 Å². The molecule has 1 aliphatic heterocycles. The van der Waals surface area contributed by atoms with E-state index in [1.165, 1.54) is 0 Å². The van der Waals surface area contributed by atoms with Crippen molar-refractivity contribution in [3.63, 3.8) is 0 Å². The van der Waals surface area contributed by atoms with Crippen LogP contribution in [0.1, 0.15) is 38.5 Å². The lowest BCUT2D eigenvalue weighted by atomic mass is 10.2. The Balaban J connectivity index is 1.47. The first-order valence-corrected chi connectivity index (χ1v) is 10.4. The van der Waals surface area contributed by atoms with E-state index in [1.54, 1.807) is 21.7 Å². The summed E-state index contributed by atoms with van der Waals surface area (Å²) < 4.78 is 1.62. The van der Waals surface area contributed by atoms with Crippen LogP contribution in [0.15, 0.2) is 54.6 Å². The van der Waals surface area contributed by atoms with Gasteiger partial charge in [-0.25, -0.2) is 0 Å². The molecule has 0 fully saturated rings. The first-order chi connectivity index (χ1) is 14.5. The SMILES string of the molecule is O=C(NCc1ccccc1Cl)c1cc2n(n1)CCCN(Cc1ccc(Cl)cc1)C2=O. The Morgan fingerprint density at radius 3 is 2.60 bits per heavy atom. The van der Waals surface area contributed by atoms with Gasteiger partial charge < -0.3 is 10.2 Å². The van der Waals surface area contributed by atoms with Crippen LogP contribution in [-0.2, 0) is 19.6 Å². The van der Waals surface area contributed by atoms with Crippen molar-refractivity contribution < 1.29 is 9.59 Å². The van der Waals surface area contributed by atoms with Crippen molar-refractivity contribution in [3.8, 4) is 0 Å². The zero-order chi connectivity index (χ0) is 21.1. The topological polar surface area (TPSA) is 67.2 Å². The van der Waals surface area contributed by atoms with Crippen molar-refractivity contribution in [2.24, 2.45) is 0 Å². The van der Waals surface area contributed by atoms with E-state index in [1.807, 2.05) is 42.5 Å². The first-order valence-electron chi connectivity index (χ1n) is 9.64. The number of halogens is 2. The van der Waals surface area contributed by atoms with Crippen molar-refractivity contribution >= 4 is 35.0 Å². The lowest BCUT2D eigenvalue weighted by Crippen LogP contribution is -2.30. The summed E-state index contributed by atoms with van der Waals surface area (Å²) in [5.74, 6) is -0.479. The fourth-order valence-electron chi connectivity index (χ4n) is 3.41. The quantitative estimate of drug-likeness (QED) is 0.644. The standard InChI is InChI=1S/C22H20Cl2N4O2/c23-17-8-6-15(7-9-17)14-27-10-3-11-28-20(22(27)30)12-19(26-28)21(29)25-13-16-4-1-2-5-18(16)24/h1-2,4-9,12H,3,10-11,13-14H2,(H,25,29). The smallest absolute Gasteiger partial charge is 0.272 e. The number of aryl methyl sites for hydroxylation is 1. The molecule has 0 unspecified atom stereocenters. The molecule has 0 bridgehead atoms. The monoisotopic (exact) mass is 442 g/mol. The van der Waals surface area contributed by atoms with Gasteiger partial charge >= 0.3 is 0 Å². The van der Waals surface area contributed by atoms with Gasteiger partial charge in [0.05, 0.1) is 0 Å². The number of benzene rings is 2. The number of nitrogens with zero attached hydrogens (tertiary/aromatic N) is 3. The molecule has 1 N–H and O–H groups in total. The van der Waals surface area contributed by atoms with Gasteiger partial charge in [0.15, 0.2) is 5.69 Å². The number of nitrogens with one attached hydrogen (secondary N) is 1. The largest absolute Gasteiger partial charge is 0.347 e. The highest BCUT2D eigenvalue weighted by Crippen LogP contribution is 2.18. The van der Waals surface area contributed by atoms with Gasteiger partial charge in [0.1, 0.15) is 5.69 Å². The fourth-order valence-corrected chi connectivity index (χ4v) is 3.74.